The molecule has 0 N–H and O–H groups in total. The molecule has 0 aliphatic carbocycles. The monoisotopic (exact) mass is 418 g/mol. The van der Waals surface area contributed by atoms with E-state index in [4.69, 9.17) is 16.3 Å². The van der Waals surface area contributed by atoms with Gasteiger partial charge in [-0.1, -0.05) is 35.9 Å². The van der Waals surface area contributed by atoms with E-state index in [1.54, 1.807) is 30.3 Å². The molecule has 0 atom stereocenters. The fourth-order valence-electron chi connectivity index (χ4n) is 2.66. The highest BCUT2D eigenvalue weighted by atomic mass is 35.5. The Hall–Kier alpha value is -2.84. The minimum atomic E-state index is -0.536. The first kappa shape index (κ1) is 19.9. The summed E-state index contributed by atoms with van der Waals surface area (Å²) in [5, 5.41) is 11.1. The van der Waals surface area contributed by atoms with Crippen LogP contribution in [0.2, 0.25) is 5.02 Å². The summed E-state index contributed by atoms with van der Waals surface area (Å²) >= 11 is 6.94. The van der Waals surface area contributed by atoms with Gasteiger partial charge in [-0.25, -0.2) is 0 Å². The number of ether oxygens (including phenoxy) is 1. The largest absolute Gasteiger partial charge is 0.492 e. The number of benzene rings is 2. The Morgan fingerprint density at radius 2 is 2.00 bits per heavy atom. The Balaban J connectivity index is 1.83. The normalized spacial score (nSPS) is 15.4. The topological polar surface area (TPSA) is 89.8 Å². The number of nitro groups is 1. The van der Waals surface area contributed by atoms with Gasteiger partial charge in [0.15, 0.2) is 0 Å². The number of imide groups is 1. The average molecular weight is 419 g/mol. The number of thioether (sulfide) groups is 1. The number of halogens is 1. The third-order valence-corrected chi connectivity index (χ3v) is 5.15. The third kappa shape index (κ3) is 4.18. The average Bonchev–Trinajstić information content (AvgIpc) is 2.92. The van der Waals surface area contributed by atoms with Crippen molar-refractivity contribution in [2.24, 2.45) is 0 Å². The summed E-state index contributed by atoms with van der Waals surface area (Å²) in [5.41, 5.74) is 0.800. The van der Waals surface area contributed by atoms with E-state index in [1.807, 2.05) is 6.92 Å². The molecule has 0 saturated carbocycles. The smallest absolute Gasteiger partial charge is 0.293 e. The van der Waals surface area contributed by atoms with Gasteiger partial charge in [-0.2, -0.15) is 0 Å². The van der Waals surface area contributed by atoms with E-state index in [1.165, 1.54) is 18.2 Å². The molecule has 1 fully saturated rings. The molecule has 28 heavy (non-hydrogen) atoms. The molecule has 0 aromatic heterocycles. The van der Waals surface area contributed by atoms with Gasteiger partial charge >= 0.3 is 0 Å². The molecule has 1 aliphatic heterocycles. The van der Waals surface area contributed by atoms with Crippen molar-refractivity contribution in [3.63, 3.8) is 0 Å². The highest BCUT2D eigenvalue weighted by Gasteiger charge is 2.36. The van der Waals surface area contributed by atoms with Crippen LogP contribution < -0.4 is 4.74 Å². The molecule has 1 aliphatic rings. The highest BCUT2D eigenvalue weighted by Crippen LogP contribution is 2.35. The maximum Gasteiger partial charge on any atom is 0.293 e. The number of nitro benzene ring substituents is 1. The van der Waals surface area contributed by atoms with Gasteiger partial charge in [0.05, 0.1) is 28.0 Å². The second-order valence-corrected chi connectivity index (χ2v) is 7.18. The van der Waals surface area contributed by atoms with Crippen molar-refractivity contribution >= 4 is 46.3 Å². The van der Waals surface area contributed by atoms with Gasteiger partial charge in [0.2, 0.25) is 0 Å². The molecule has 9 heteroatoms. The van der Waals surface area contributed by atoms with Gasteiger partial charge in [-0.05, 0) is 42.5 Å². The Morgan fingerprint density at radius 3 is 2.68 bits per heavy atom. The van der Waals surface area contributed by atoms with E-state index in [0.29, 0.717) is 28.5 Å². The van der Waals surface area contributed by atoms with Crippen molar-refractivity contribution in [1.82, 2.24) is 4.90 Å². The predicted molar refractivity (Wildman–Crippen MR) is 107 cm³/mol. The van der Waals surface area contributed by atoms with Gasteiger partial charge in [-0.15, -0.1) is 0 Å². The van der Waals surface area contributed by atoms with Crippen LogP contribution in [0.25, 0.3) is 6.08 Å². The molecule has 7 nitrogen and oxygen atoms in total. The molecule has 0 unspecified atom stereocenters. The molecule has 144 valence electrons. The number of rotatable bonds is 6. The standard InChI is InChI=1S/C19H15ClN2O5S/c1-2-27-16-8-7-12(9-14(16)20)10-17-18(23)21(19(24)28-17)11-13-5-3-4-6-15(13)22(25)26/h3-10H,2,11H2,1H3/b17-10-. The molecular formula is C19H15ClN2O5S. The summed E-state index contributed by atoms with van der Waals surface area (Å²) in [4.78, 5) is 36.8. The first-order valence-corrected chi connectivity index (χ1v) is 9.50. The second-order valence-electron chi connectivity index (χ2n) is 5.78. The van der Waals surface area contributed by atoms with Crippen LogP contribution in [0, 0.1) is 10.1 Å². The molecule has 3 rings (SSSR count). The lowest BCUT2D eigenvalue weighted by atomic mass is 10.1. The maximum absolute atomic E-state index is 12.6. The Bertz CT molecular complexity index is 992. The number of carbonyl (C=O) groups excluding carboxylic acids is 2. The third-order valence-electron chi connectivity index (χ3n) is 3.94. The fourth-order valence-corrected chi connectivity index (χ4v) is 3.74. The van der Waals surface area contributed by atoms with Gasteiger partial charge in [0, 0.05) is 11.6 Å². The molecule has 2 aromatic rings. The maximum atomic E-state index is 12.6. The number of amides is 2. The van der Waals surface area contributed by atoms with Gasteiger partial charge < -0.3 is 4.74 Å². The first-order chi connectivity index (χ1) is 13.4. The van der Waals surface area contributed by atoms with E-state index < -0.39 is 16.1 Å². The molecule has 2 aromatic carbocycles. The van der Waals surface area contributed by atoms with Crippen LogP contribution in [-0.2, 0) is 11.3 Å². The molecule has 2 amide bonds. The SMILES string of the molecule is CCOc1ccc(/C=C2\SC(=O)N(Cc3ccccc3[N+](=O)[O-])C2=O)cc1Cl. The number of hydrogen-bond donors (Lipinski definition) is 0. The van der Waals surface area contributed by atoms with E-state index in [2.05, 4.69) is 0 Å². The van der Waals surface area contributed by atoms with Crippen LogP contribution in [0.5, 0.6) is 5.75 Å². The Kier molecular flexibility index (Phi) is 6.01. The first-order valence-electron chi connectivity index (χ1n) is 8.30. The van der Waals surface area contributed by atoms with Gasteiger partial charge in [0.25, 0.3) is 16.8 Å². The summed E-state index contributed by atoms with van der Waals surface area (Å²) < 4.78 is 5.37. The van der Waals surface area contributed by atoms with E-state index in [9.17, 15) is 19.7 Å². The van der Waals surface area contributed by atoms with Crippen LogP contribution >= 0.6 is 23.4 Å². The minimum absolute atomic E-state index is 0.135. The van der Waals surface area contributed by atoms with Crippen LogP contribution in [0.4, 0.5) is 10.5 Å². The Morgan fingerprint density at radius 1 is 1.25 bits per heavy atom. The van der Waals surface area contributed by atoms with E-state index in [-0.39, 0.29) is 17.1 Å². The zero-order valence-electron chi connectivity index (χ0n) is 14.8. The molecule has 1 heterocycles. The molecule has 1 saturated heterocycles. The molecule has 0 bridgehead atoms. The van der Waals surface area contributed by atoms with Crippen molar-refractivity contribution in [3.8, 4) is 5.75 Å². The van der Waals surface area contributed by atoms with Crippen LogP contribution in [-0.4, -0.2) is 27.6 Å². The fraction of sp³-hybridized carbons (Fsp3) is 0.158. The van der Waals surface area contributed by atoms with Crippen molar-refractivity contribution < 1.29 is 19.2 Å². The molecular weight excluding hydrogens is 404 g/mol. The van der Waals surface area contributed by atoms with Gasteiger partial charge in [-0.3, -0.25) is 24.6 Å². The minimum Gasteiger partial charge on any atom is -0.492 e. The number of hydrogen-bond acceptors (Lipinski definition) is 6. The lowest BCUT2D eigenvalue weighted by Gasteiger charge is -2.12. The van der Waals surface area contributed by atoms with Crippen LogP contribution in [0.1, 0.15) is 18.1 Å². The molecule has 0 spiro atoms. The van der Waals surface area contributed by atoms with Crippen LogP contribution in [0.15, 0.2) is 47.4 Å². The zero-order valence-corrected chi connectivity index (χ0v) is 16.3. The lowest BCUT2D eigenvalue weighted by molar-refractivity contribution is -0.385. The quantitative estimate of drug-likeness (QED) is 0.377. The highest BCUT2D eigenvalue weighted by molar-refractivity contribution is 8.18. The van der Waals surface area contributed by atoms with Crippen molar-refractivity contribution in [1.29, 1.82) is 0 Å². The lowest BCUT2D eigenvalue weighted by Crippen LogP contribution is -2.27. The van der Waals surface area contributed by atoms with Crippen molar-refractivity contribution in [2.45, 2.75) is 13.5 Å². The summed E-state index contributed by atoms with van der Waals surface area (Å²) in [7, 11) is 0. The van der Waals surface area contributed by atoms with Crippen LogP contribution in [0.3, 0.4) is 0 Å². The summed E-state index contributed by atoms with van der Waals surface area (Å²) in [6.45, 7) is 2.16. The van der Waals surface area contributed by atoms with Gasteiger partial charge in [0.1, 0.15) is 5.75 Å². The van der Waals surface area contributed by atoms with E-state index >= 15 is 0 Å². The summed E-state index contributed by atoms with van der Waals surface area (Å²) in [5.74, 6) is 0.0315. The van der Waals surface area contributed by atoms with E-state index in [0.717, 1.165) is 16.7 Å². The van der Waals surface area contributed by atoms with Crippen molar-refractivity contribution in [2.75, 3.05) is 6.61 Å². The second kappa shape index (κ2) is 8.45. The molecule has 0 radical (unpaired) electrons. The summed E-state index contributed by atoms with van der Waals surface area (Å²) in [6, 6.07) is 11.1. The number of carbonyl (C=O) groups is 2. The number of para-hydroxylation sites is 1. The summed E-state index contributed by atoms with van der Waals surface area (Å²) in [6.07, 6.45) is 1.56. The predicted octanol–water partition coefficient (Wildman–Crippen LogP) is 4.88. The zero-order chi connectivity index (χ0) is 20.3. The van der Waals surface area contributed by atoms with Crippen molar-refractivity contribution in [3.05, 3.63) is 73.6 Å². The number of nitrogens with zero attached hydrogens (tertiary/aromatic N) is 2. The Labute approximate surface area is 170 Å².